The molecular weight excluding hydrogens is 286 g/mol. The van der Waals surface area contributed by atoms with E-state index in [2.05, 4.69) is 36.1 Å². The maximum atomic E-state index is 6.19. The normalized spacial score (nSPS) is 20.0. The van der Waals surface area contributed by atoms with Gasteiger partial charge in [0.15, 0.2) is 0 Å². The SMILES string of the molecule is CC(C)NCc1cc(OCC2CCCCN2C)ncc1Cl. The minimum absolute atomic E-state index is 0.425. The van der Waals surface area contributed by atoms with Crippen molar-refractivity contribution in [1.82, 2.24) is 15.2 Å². The molecule has 1 unspecified atom stereocenters. The minimum Gasteiger partial charge on any atom is -0.476 e. The van der Waals surface area contributed by atoms with E-state index in [1.807, 2.05) is 6.07 Å². The molecule has 1 aliphatic heterocycles. The van der Waals surface area contributed by atoms with E-state index >= 15 is 0 Å². The number of nitrogens with zero attached hydrogens (tertiary/aromatic N) is 2. The fraction of sp³-hybridized carbons (Fsp3) is 0.688. The summed E-state index contributed by atoms with van der Waals surface area (Å²) in [5.74, 6) is 0.666. The van der Waals surface area contributed by atoms with Gasteiger partial charge in [-0.15, -0.1) is 0 Å². The molecule has 21 heavy (non-hydrogen) atoms. The summed E-state index contributed by atoms with van der Waals surface area (Å²) in [4.78, 5) is 6.65. The number of nitrogens with one attached hydrogen (secondary N) is 1. The number of rotatable bonds is 6. The van der Waals surface area contributed by atoms with Gasteiger partial charge in [-0.05, 0) is 32.0 Å². The van der Waals surface area contributed by atoms with Gasteiger partial charge in [0.25, 0.3) is 0 Å². The number of hydrogen-bond acceptors (Lipinski definition) is 4. The topological polar surface area (TPSA) is 37.4 Å². The molecule has 0 aromatic carbocycles. The van der Waals surface area contributed by atoms with Crippen LogP contribution in [-0.4, -0.2) is 42.2 Å². The number of likely N-dealkylation sites (N-methyl/N-ethyl adjacent to an activating group) is 1. The van der Waals surface area contributed by atoms with Gasteiger partial charge < -0.3 is 15.0 Å². The highest BCUT2D eigenvalue weighted by Gasteiger charge is 2.19. The van der Waals surface area contributed by atoms with Gasteiger partial charge in [-0.25, -0.2) is 4.98 Å². The molecule has 1 atom stereocenters. The number of hydrogen-bond donors (Lipinski definition) is 1. The average Bonchev–Trinajstić information content (AvgIpc) is 2.46. The molecule has 4 nitrogen and oxygen atoms in total. The molecule has 1 aliphatic rings. The fourth-order valence-corrected chi connectivity index (χ4v) is 2.69. The summed E-state index contributed by atoms with van der Waals surface area (Å²) in [7, 11) is 2.17. The Hall–Kier alpha value is -0.840. The summed E-state index contributed by atoms with van der Waals surface area (Å²) in [5.41, 5.74) is 1.03. The van der Waals surface area contributed by atoms with Gasteiger partial charge in [0.1, 0.15) is 6.61 Å². The summed E-state index contributed by atoms with van der Waals surface area (Å²) in [6.45, 7) is 6.82. The zero-order valence-corrected chi connectivity index (χ0v) is 14.0. The second-order valence-electron chi connectivity index (χ2n) is 6.09. The molecule has 1 N–H and O–H groups in total. The highest BCUT2D eigenvalue weighted by Crippen LogP contribution is 2.21. The van der Waals surface area contributed by atoms with E-state index in [9.17, 15) is 0 Å². The largest absolute Gasteiger partial charge is 0.476 e. The summed E-state index contributed by atoms with van der Waals surface area (Å²) < 4.78 is 5.88. The van der Waals surface area contributed by atoms with Gasteiger partial charge >= 0.3 is 0 Å². The van der Waals surface area contributed by atoms with Crippen molar-refractivity contribution in [2.24, 2.45) is 0 Å². The second kappa shape index (κ2) is 7.97. The first-order valence-electron chi connectivity index (χ1n) is 7.77. The van der Waals surface area contributed by atoms with E-state index < -0.39 is 0 Å². The molecule has 0 amide bonds. The van der Waals surface area contributed by atoms with Gasteiger partial charge in [-0.2, -0.15) is 0 Å². The van der Waals surface area contributed by atoms with Crippen LogP contribution in [0.5, 0.6) is 5.88 Å². The van der Waals surface area contributed by atoms with Gasteiger partial charge in [-0.1, -0.05) is 31.9 Å². The number of piperidine rings is 1. The van der Waals surface area contributed by atoms with Crippen molar-refractivity contribution < 1.29 is 4.74 Å². The monoisotopic (exact) mass is 311 g/mol. The summed E-state index contributed by atoms with van der Waals surface area (Å²) >= 11 is 6.19. The van der Waals surface area contributed by atoms with Gasteiger partial charge in [0.2, 0.25) is 5.88 Å². The van der Waals surface area contributed by atoms with Crippen LogP contribution in [0.25, 0.3) is 0 Å². The van der Waals surface area contributed by atoms with Crippen LogP contribution < -0.4 is 10.1 Å². The van der Waals surface area contributed by atoms with Crippen LogP contribution >= 0.6 is 11.6 Å². The molecular formula is C16H26ClN3O. The Morgan fingerprint density at radius 3 is 3.00 bits per heavy atom. The first-order chi connectivity index (χ1) is 10.1. The molecule has 0 spiro atoms. The number of likely N-dealkylation sites (tertiary alicyclic amines) is 1. The molecule has 1 saturated heterocycles. The lowest BCUT2D eigenvalue weighted by molar-refractivity contribution is 0.122. The number of ether oxygens (including phenoxy) is 1. The number of pyridine rings is 1. The minimum atomic E-state index is 0.425. The maximum Gasteiger partial charge on any atom is 0.213 e. The highest BCUT2D eigenvalue weighted by molar-refractivity contribution is 6.31. The zero-order chi connectivity index (χ0) is 15.2. The average molecular weight is 312 g/mol. The van der Waals surface area contributed by atoms with E-state index in [0.29, 0.717) is 29.6 Å². The Bertz CT molecular complexity index is 453. The predicted molar refractivity (Wildman–Crippen MR) is 87.0 cm³/mol. The molecule has 118 valence electrons. The lowest BCUT2D eigenvalue weighted by Crippen LogP contribution is -2.40. The number of halogens is 1. The standard InChI is InChI=1S/C16H26ClN3O/c1-12(2)18-9-13-8-16(19-10-15(13)17)21-11-14-6-4-5-7-20(14)3/h8,10,12,14,18H,4-7,9,11H2,1-3H3. The van der Waals surface area contributed by atoms with Crippen LogP contribution in [-0.2, 0) is 6.54 Å². The van der Waals surface area contributed by atoms with E-state index in [4.69, 9.17) is 16.3 Å². The molecule has 0 saturated carbocycles. The Morgan fingerprint density at radius 2 is 2.29 bits per heavy atom. The third-order valence-electron chi connectivity index (χ3n) is 3.96. The highest BCUT2D eigenvalue weighted by atomic mass is 35.5. The first kappa shape index (κ1) is 16.5. The lowest BCUT2D eigenvalue weighted by Gasteiger charge is -2.32. The third-order valence-corrected chi connectivity index (χ3v) is 4.30. The van der Waals surface area contributed by atoms with Crippen LogP contribution in [0.3, 0.4) is 0 Å². The van der Waals surface area contributed by atoms with E-state index in [0.717, 1.165) is 18.7 Å². The maximum absolute atomic E-state index is 6.19. The van der Waals surface area contributed by atoms with Crippen LogP contribution in [0, 0.1) is 0 Å². The van der Waals surface area contributed by atoms with Crippen LogP contribution in [0.4, 0.5) is 0 Å². The summed E-state index contributed by atoms with van der Waals surface area (Å²) in [6, 6.07) is 2.86. The second-order valence-corrected chi connectivity index (χ2v) is 6.50. The van der Waals surface area contributed by atoms with E-state index in [-0.39, 0.29) is 0 Å². The Morgan fingerprint density at radius 1 is 1.48 bits per heavy atom. The summed E-state index contributed by atoms with van der Waals surface area (Å²) in [5, 5.41) is 4.05. The quantitative estimate of drug-likeness (QED) is 0.876. The van der Waals surface area contributed by atoms with Crippen molar-refractivity contribution in [3.05, 3.63) is 22.8 Å². The first-order valence-corrected chi connectivity index (χ1v) is 8.15. The van der Waals surface area contributed by atoms with Crippen molar-refractivity contribution >= 4 is 11.6 Å². The van der Waals surface area contributed by atoms with Crippen molar-refractivity contribution in [3.8, 4) is 5.88 Å². The Labute approximate surface area is 132 Å². The lowest BCUT2D eigenvalue weighted by atomic mass is 10.0. The van der Waals surface area contributed by atoms with E-state index in [1.54, 1.807) is 6.20 Å². The molecule has 0 bridgehead atoms. The fourth-order valence-electron chi connectivity index (χ4n) is 2.52. The van der Waals surface area contributed by atoms with Gasteiger partial charge in [-0.3, -0.25) is 0 Å². The van der Waals surface area contributed by atoms with Crippen LogP contribution in [0.15, 0.2) is 12.3 Å². The van der Waals surface area contributed by atoms with Crippen molar-refractivity contribution in [1.29, 1.82) is 0 Å². The molecule has 2 heterocycles. The van der Waals surface area contributed by atoms with Crippen molar-refractivity contribution in [3.63, 3.8) is 0 Å². The van der Waals surface area contributed by atoms with Crippen molar-refractivity contribution in [2.45, 2.75) is 51.7 Å². The smallest absolute Gasteiger partial charge is 0.213 e. The van der Waals surface area contributed by atoms with Crippen molar-refractivity contribution in [2.75, 3.05) is 20.2 Å². The molecule has 5 heteroatoms. The van der Waals surface area contributed by atoms with Gasteiger partial charge in [0.05, 0.1) is 5.02 Å². The Kier molecular flexibility index (Phi) is 6.27. The molecule has 0 aliphatic carbocycles. The van der Waals surface area contributed by atoms with E-state index in [1.165, 1.54) is 19.3 Å². The van der Waals surface area contributed by atoms with Crippen LogP contribution in [0.2, 0.25) is 5.02 Å². The molecule has 0 radical (unpaired) electrons. The van der Waals surface area contributed by atoms with Gasteiger partial charge in [0, 0.05) is 30.9 Å². The Balaban J connectivity index is 1.92. The van der Waals surface area contributed by atoms with Crippen LogP contribution in [0.1, 0.15) is 38.7 Å². The molecule has 1 aromatic rings. The summed E-state index contributed by atoms with van der Waals surface area (Å²) in [6.07, 6.45) is 5.46. The molecule has 2 rings (SSSR count). The number of aromatic nitrogens is 1. The molecule has 1 fully saturated rings. The molecule has 1 aromatic heterocycles. The predicted octanol–water partition coefficient (Wildman–Crippen LogP) is 3.10. The third kappa shape index (κ3) is 5.13. The zero-order valence-electron chi connectivity index (χ0n) is 13.2.